The van der Waals surface area contributed by atoms with E-state index < -0.39 is 6.09 Å². The Bertz CT molecular complexity index is 106. The molecule has 4 nitrogen and oxygen atoms in total. The molecule has 2 N–H and O–H groups in total. The van der Waals surface area contributed by atoms with Gasteiger partial charge in [-0.1, -0.05) is 6.92 Å². The predicted octanol–water partition coefficient (Wildman–Crippen LogP) is 0.543. The molecule has 0 unspecified atom stereocenters. The molecule has 0 bridgehead atoms. The van der Waals surface area contributed by atoms with Gasteiger partial charge in [-0.25, -0.2) is 15.6 Å². The number of carbonyl (C=O) groups is 1. The van der Waals surface area contributed by atoms with Gasteiger partial charge in [0.05, 0.1) is 6.61 Å². The molecule has 0 atom stereocenters. The smallest absolute Gasteiger partial charge is 0.424 e. The number of amides is 1. The number of nitrogens with zero attached hydrogens (tertiary/aromatic N) is 1. The Hall–Kier alpha value is -0.770. The lowest BCUT2D eigenvalue weighted by Crippen LogP contribution is -2.38. The molecule has 0 aromatic heterocycles. The van der Waals surface area contributed by atoms with Gasteiger partial charge in [-0.2, -0.15) is 0 Å². The third-order valence-electron chi connectivity index (χ3n) is 0.901. The monoisotopic (exact) mass is 145 g/mol. The van der Waals surface area contributed by atoms with Gasteiger partial charge in [-0.15, -0.1) is 0 Å². The van der Waals surface area contributed by atoms with Crippen LogP contribution in [-0.2, 0) is 4.74 Å². The maximum atomic E-state index is 10.7. The van der Waals surface area contributed by atoms with E-state index in [0.29, 0.717) is 19.6 Å². The normalized spacial score (nSPS) is 9.10. The molecule has 1 amide bonds. The zero-order valence-electron chi connectivity index (χ0n) is 6.17. The molecular formula is C6H13N2O2. The summed E-state index contributed by atoms with van der Waals surface area (Å²) in [5, 5.41) is 1.01. The van der Waals surface area contributed by atoms with Crippen LogP contribution >= 0.6 is 0 Å². The van der Waals surface area contributed by atoms with Crippen molar-refractivity contribution in [2.45, 2.75) is 13.3 Å². The van der Waals surface area contributed by atoms with E-state index in [1.807, 2.05) is 0 Å². The minimum Gasteiger partial charge on any atom is -0.449 e. The van der Waals surface area contributed by atoms with Crippen molar-refractivity contribution in [3.8, 4) is 0 Å². The van der Waals surface area contributed by atoms with Gasteiger partial charge in [-0.05, 0) is 13.3 Å². The fourth-order valence-electron chi connectivity index (χ4n) is 0.468. The summed E-state index contributed by atoms with van der Waals surface area (Å²) in [5.74, 6) is 5.23. The number of hydrazine groups is 1. The summed E-state index contributed by atoms with van der Waals surface area (Å²) in [6.07, 6.45) is 0.0983. The van der Waals surface area contributed by atoms with Crippen molar-refractivity contribution in [3.63, 3.8) is 0 Å². The summed E-state index contributed by atoms with van der Waals surface area (Å²) in [7, 11) is 0. The third-order valence-corrected chi connectivity index (χ3v) is 0.901. The Morgan fingerprint density at radius 3 is 2.80 bits per heavy atom. The van der Waals surface area contributed by atoms with Gasteiger partial charge < -0.3 is 4.74 Å². The van der Waals surface area contributed by atoms with Crippen LogP contribution < -0.4 is 5.84 Å². The number of nitrogens with two attached hydrogens (primary N) is 1. The minimum atomic E-state index is -0.494. The Labute approximate surface area is 60.9 Å². The summed E-state index contributed by atoms with van der Waals surface area (Å²) in [5.41, 5.74) is 0. The number of hydrogen-bond donors (Lipinski definition) is 1. The molecule has 0 saturated carbocycles. The fraction of sp³-hybridized carbons (Fsp3) is 0.667. The highest BCUT2D eigenvalue weighted by molar-refractivity contribution is 5.66. The van der Waals surface area contributed by atoms with E-state index in [1.165, 1.54) is 0 Å². The largest absolute Gasteiger partial charge is 0.449 e. The van der Waals surface area contributed by atoms with E-state index in [9.17, 15) is 4.79 Å². The maximum absolute atomic E-state index is 10.7. The summed E-state index contributed by atoms with van der Waals surface area (Å²) < 4.78 is 4.59. The molecule has 0 aromatic rings. The first kappa shape index (κ1) is 9.23. The van der Waals surface area contributed by atoms with Gasteiger partial charge in [0.25, 0.3) is 0 Å². The Balaban J connectivity index is 3.49. The van der Waals surface area contributed by atoms with Crippen LogP contribution in [0.4, 0.5) is 4.79 Å². The number of hydrogen-bond acceptors (Lipinski definition) is 3. The summed E-state index contributed by atoms with van der Waals surface area (Å²) >= 11 is 0. The van der Waals surface area contributed by atoms with Gasteiger partial charge in [0, 0.05) is 6.54 Å². The van der Waals surface area contributed by atoms with Crippen molar-refractivity contribution >= 4 is 6.09 Å². The molecule has 0 rings (SSSR count). The molecular weight excluding hydrogens is 132 g/mol. The predicted molar refractivity (Wildman–Crippen MR) is 37.9 cm³/mol. The van der Waals surface area contributed by atoms with E-state index in [1.54, 1.807) is 6.92 Å². The van der Waals surface area contributed by atoms with Crippen LogP contribution in [0.1, 0.15) is 13.3 Å². The number of ether oxygens (including phenoxy) is 1. The first-order valence-corrected chi connectivity index (χ1v) is 3.20. The zero-order chi connectivity index (χ0) is 7.98. The third kappa shape index (κ3) is 3.29. The van der Waals surface area contributed by atoms with E-state index in [-0.39, 0.29) is 0 Å². The van der Waals surface area contributed by atoms with Crippen molar-refractivity contribution in [1.82, 2.24) is 5.01 Å². The lowest BCUT2D eigenvalue weighted by molar-refractivity contribution is 0.108. The number of carbonyl (C=O) groups excluding carboxylic acids is 1. The highest BCUT2D eigenvalue weighted by Crippen LogP contribution is 1.87. The second-order valence-corrected chi connectivity index (χ2v) is 1.75. The highest BCUT2D eigenvalue weighted by Gasteiger charge is 2.06. The van der Waals surface area contributed by atoms with Crippen LogP contribution in [0, 0.1) is 6.92 Å². The van der Waals surface area contributed by atoms with E-state index in [2.05, 4.69) is 11.7 Å². The number of rotatable bonds is 3. The molecule has 0 saturated heterocycles. The quantitative estimate of drug-likeness (QED) is 0.358. The molecule has 0 heterocycles. The Kier molecular flexibility index (Phi) is 4.66. The molecule has 0 aliphatic carbocycles. The average molecular weight is 145 g/mol. The fourth-order valence-corrected chi connectivity index (χ4v) is 0.468. The first-order valence-electron chi connectivity index (χ1n) is 3.20. The molecule has 0 aromatic carbocycles. The standard InChI is InChI=1S/C6H13N2O2/c1-3-5-8(7)6(9)10-4-2/h1,3-5,7H2,2H3. The van der Waals surface area contributed by atoms with Crippen molar-refractivity contribution in [3.05, 3.63) is 6.92 Å². The Morgan fingerprint density at radius 1 is 1.80 bits per heavy atom. The molecule has 0 aliphatic rings. The van der Waals surface area contributed by atoms with Gasteiger partial charge in [0.2, 0.25) is 0 Å². The maximum Gasteiger partial charge on any atom is 0.424 e. The highest BCUT2D eigenvalue weighted by atomic mass is 16.6. The van der Waals surface area contributed by atoms with E-state index in [4.69, 9.17) is 5.84 Å². The van der Waals surface area contributed by atoms with Crippen LogP contribution in [0.5, 0.6) is 0 Å². The Morgan fingerprint density at radius 2 is 2.40 bits per heavy atom. The van der Waals surface area contributed by atoms with Crippen LogP contribution in [0.2, 0.25) is 0 Å². The molecule has 4 heteroatoms. The lowest BCUT2D eigenvalue weighted by Gasteiger charge is -2.13. The topological polar surface area (TPSA) is 55.6 Å². The first-order chi connectivity index (χ1) is 4.72. The lowest BCUT2D eigenvalue weighted by atomic mass is 10.5. The van der Waals surface area contributed by atoms with E-state index >= 15 is 0 Å². The molecule has 0 fully saturated rings. The van der Waals surface area contributed by atoms with Crippen LogP contribution in [-0.4, -0.2) is 24.3 Å². The van der Waals surface area contributed by atoms with Gasteiger partial charge in [0.1, 0.15) is 0 Å². The molecule has 59 valence electrons. The van der Waals surface area contributed by atoms with Crippen molar-refractivity contribution in [2.24, 2.45) is 5.84 Å². The second kappa shape index (κ2) is 5.05. The van der Waals surface area contributed by atoms with Crippen LogP contribution in [0.15, 0.2) is 0 Å². The summed E-state index contributed by atoms with van der Waals surface area (Å²) in [4.78, 5) is 10.7. The van der Waals surface area contributed by atoms with Gasteiger partial charge in [-0.3, -0.25) is 0 Å². The van der Waals surface area contributed by atoms with Crippen LogP contribution in [0.3, 0.4) is 0 Å². The molecule has 0 aliphatic heterocycles. The summed E-state index contributed by atoms with van der Waals surface area (Å²) in [6, 6.07) is 0. The van der Waals surface area contributed by atoms with Gasteiger partial charge in [0.15, 0.2) is 0 Å². The molecule has 10 heavy (non-hydrogen) atoms. The van der Waals surface area contributed by atoms with E-state index in [0.717, 1.165) is 5.01 Å². The van der Waals surface area contributed by atoms with Crippen molar-refractivity contribution < 1.29 is 9.53 Å². The molecule has 0 spiro atoms. The average Bonchev–Trinajstić information content (AvgIpc) is 1.89. The second-order valence-electron chi connectivity index (χ2n) is 1.75. The molecule has 1 radical (unpaired) electrons. The SMILES string of the molecule is [CH2]CCN(N)C(=O)OCC. The van der Waals surface area contributed by atoms with Gasteiger partial charge >= 0.3 is 6.09 Å². The summed E-state index contributed by atoms with van der Waals surface area (Å²) in [6.45, 7) is 6.05. The van der Waals surface area contributed by atoms with Crippen LogP contribution in [0.25, 0.3) is 0 Å². The van der Waals surface area contributed by atoms with Crippen molar-refractivity contribution in [1.29, 1.82) is 0 Å². The van der Waals surface area contributed by atoms with Crippen molar-refractivity contribution in [2.75, 3.05) is 13.2 Å². The minimum absolute atomic E-state index is 0.351. The zero-order valence-corrected chi connectivity index (χ0v) is 6.17.